The summed E-state index contributed by atoms with van der Waals surface area (Å²) in [6.45, 7) is 0.200. The molecule has 1 aromatic heterocycles. The van der Waals surface area contributed by atoms with Crippen LogP contribution in [0, 0.1) is 0 Å². The van der Waals surface area contributed by atoms with E-state index in [1.807, 2.05) is 0 Å². The summed E-state index contributed by atoms with van der Waals surface area (Å²) in [5.74, 6) is -0.353. The van der Waals surface area contributed by atoms with Crippen LogP contribution < -0.4 is 16.0 Å². The number of aromatic nitrogens is 2. The van der Waals surface area contributed by atoms with Crippen molar-refractivity contribution in [3.05, 3.63) is 53.6 Å². The number of carbonyl (C=O) groups excluding carboxylic acids is 2. The number of halogens is 1. The quantitative estimate of drug-likeness (QED) is 0.529. The first-order chi connectivity index (χ1) is 14.5. The van der Waals surface area contributed by atoms with Crippen LogP contribution in [-0.4, -0.2) is 58.4 Å². The SMILES string of the molecule is O=C(NCC[C@@H]1CC[C@@H](NC(=O)c2cnccn2)[C@H](CO)O1)Nc1ccc(Cl)cc1. The molecule has 3 amide bonds. The van der Waals surface area contributed by atoms with Crippen LogP contribution in [0.5, 0.6) is 0 Å². The number of rotatable bonds is 7. The number of nitrogens with one attached hydrogen (secondary N) is 3. The second-order valence-corrected chi connectivity index (χ2v) is 7.34. The topological polar surface area (TPSA) is 125 Å². The minimum absolute atomic E-state index is 0.123. The monoisotopic (exact) mass is 433 g/mol. The molecular formula is C20H24ClN5O4. The molecule has 1 fully saturated rings. The number of urea groups is 1. The summed E-state index contributed by atoms with van der Waals surface area (Å²) in [7, 11) is 0. The van der Waals surface area contributed by atoms with Gasteiger partial charge in [0.05, 0.1) is 24.9 Å². The maximum Gasteiger partial charge on any atom is 0.319 e. The molecule has 1 aromatic carbocycles. The second kappa shape index (κ2) is 10.9. The number of aliphatic hydroxyl groups is 1. The molecule has 1 aliphatic heterocycles. The minimum atomic E-state index is -0.521. The maximum absolute atomic E-state index is 12.3. The van der Waals surface area contributed by atoms with Crippen LogP contribution in [0.3, 0.4) is 0 Å². The van der Waals surface area contributed by atoms with Crippen molar-refractivity contribution < 1.29 is 19.4 Å². The van der Waals surface area contributed by atoms with E-state index < -0.39 is 6.10 Å². The van der Waals surface area contributed by atoms with Gasteiger partial charge in [-0.25, -0.2) is 9.78 Å². The number of hydrogen-bond acceptors (Lipinski definition) is 6. The third-order valence-electron chi connectivity index (χ3n) is 4.76. The van der Waals surface area contributed by atoms with Crippen LogP contribution >= 0.6 is 11.6 Å². The van der Waals surface area contributed by atoms with E-state index in [1.54, 1.807) is 24.3 Å². The fraction of sp³-hybridized carbons (Fsp3) is 0.400. The van der Waals surface area contributed by atoms with Crippen molar-refractivity contribution in [2.75, 3.05) is 18.5 Å². The van der Waals surface area contributed by atoms with E-state index in [0.717, 1.165) is 0 Å². The zero-order chi connectivity index (χ0) is 21.3. The molecule has 10 heteroatoms. The summed E-state index contributed by atoms with van der Waals surface area (Å²) in [6, 6.07) is 6.19. The Morgan fingerprint density at radius 3 is 2.70 bits per heavy atom. The highest BCUT2D eigenvalue weighted by Gasteiger charge is 2.32. The third-order valence-corrected chi connectivity index (χ3v) is 5.01. The third kappa shape index (κ3) is 6.38. The maximum atomic E-state index is 12.3. The summed E-state index contributed by atoms with van der Waals surface area (Å²) < 4.78 is 5.91. The van der Waals surface area contributed by atoms with Gasteiger partial charge in [0.1, 0.15) is 11.8 Å². The van der Waals surface area contributed by atoms with Crippen molar-refractivity contribution in [3.63, 3.8) is 0 Å². The zero-order valence-corrected chi connectivity index (χ0v) is 17.0. The fourth-order valence-corrected chi connectivity index (χ4v) is 3.35. The number of amides is 3. The molecule has 0 saturated carbocycles. The van der Waals surface area contributed by atoms with Gasteiger partial charge in [0.2, 0.25) is 0 Å². The lowest BCUT2D eigenvalue weighted by molar-refractivity contribution is -0.0892. The van der Waals surface area contributed by atoms with E-state index in [2.05, 4.69) is 25.9 Å². The van der Waals surface area contributed by atoms with Crippen LogP contribution in [0.1, 0.15) is 29.8 Å². The molecule has 2 heterocycles. The minimum Gasteiger partial charge on any atom is -0.394 e. The lowest BCUT2D eigenvalue weighted by Crippen LogP contribution is -2.51. The second-order valence-electron chi connectivity index (χ2n) is 6.90. The van der Waals surface area contributed by atoms with Crippen molar-refractivity contribution in [1.82, 2.24) is 20.6 Å². The Morgan fingerprint density at radius 2 is 2.00 bits per heavy atom. The van der Waals surface area contributed by atoms with Crippen molar-refractivity contribution >= 4 is 29.2 Å². The van der Waals surface area contributed by atoms with Gasteiger partial charge in [0, 0.05) is 29.6 Å². The van der Waals surface area contributed by atoms with Crippen molar-refractivity contribution in [2.45, 2.75) is 37.5 Å². The van der Waals surface area contributed by atoms with Gasteiger partial charge in [-0.15, -0.1) is 0 Å². The Bertz CT molecular complexity index is 837. The molecular weight excluding hydrogens is 410 g/mol. The molecule has 0 radical (unpaired) electrons. The average Bonchev–Trinajstić information content (AvgIpc) is 2.77. The molecule has 0 bridgehead atoms. The molecule has 30 heavy (non-hydrogen) atoms. The predicted octanol–water partition coefficient (Wildman–Crippen LogP) is 1.98. The highest BCUT2D eigenvalue weighted by molar-refractivity contribution is 6.30. The molecule has 1 aliphatic rings. The smallest absolute Gasteiger partial charge is 0.319 e. The standard InChI is InChI=1S/C20H24ClN5O4/c21-13-1-3-14(4-2-13)25-20(29)24-8-7-15-5-6-16(18(12-27)30-15)26-19(28)17-11-22-9-10-23-17/h1-4,9-11,15-16,18,27H,5-8,12H2,(H,26,28)(H2,24,25,29)/t15-,16+,18-/m0/s1. The Kier molecular flexibility index (Phi) is 7.95. The van der Waals surface area contributed by atoms with Crippen LogP contribution in [-0.2, 0) is 4.74 Å². The fourth-order valence-electron chi connectivity index (χ4n) is 3.22. The van der Waals surface area contributed by atoms with Gasteiger partial charge in [-0.05, 0) is 43.5 Å². The summed E-state index contributed by atoms with van der Waals surface area (Å²) in [5, 5.41) is 18.6. The van der Waals surface area contributed by atoms with Gasteiger partial charge < -0.3 is 25.8 Å². The van der Waals surface area contributed by atoms with Crippen LogP contribution in [0.15, 0.2) is 42.9 Å². The molecule has 4 N–H and O–H groups in total. The number of nitrogens with zero attached hydrogens (tertiary/aromatic N) is 2. The molecule has 3 atom stereocenters. The summed E-state index contributed by atoms with van der Waals surface area (Å²) >= 11 is 5.82. The first kappa shape index (κ1) is 21.9. The van der Waals surface area contributed by atoms with E-state index in [4.69, 9.17) is 16.3 Å². The molecule has 9 nitrogen and oxygen atoms in total. The number of benzene rings is 1. The van der Waals surface area contributed by atoms with Gasteiger partial charge in [0.25, 0.3) is 5.91 Å². The molecule has 0 spiro atoms. The lowest BCUT2D eigenvalue weighted by Gasteiger charge is -2.36. The number of hydrogen-bond donors (Lipinski definition) is 4. The van der Waals surface area contributed by atoms with Crippen LogP contribution in [0.4, 0.5) is 10.5 Å². The largest absolute Gasteiger partial charge is 0.394 e. The van der Waals surface area contributed by atoms with Crippen LogP contribution in [0.2, 0.25) is 5.02 Å². The predicted molar refractivity (Wildman–Crippen MR) is 111 cm³/mol. The highest BCUT2D eigenvalue weighted by atomic mass is 35.5. The first-order valence-electron chi connectivity index (χ1n) is 9.68. The Hall–Kier alpha value is -2.75. The molecule has 1 saturated heterocycles. The van der Waals surface area contributed by atoms with Crippen LogP contribution in [0.25, 0.3) is 0 Å². The van der Waals surface area contributed by atoms with Gasteiger partial charge in [-0.3, -0.25) is 9.78 Å². The van der Waals surface area contributed by atoms with E-state index in [1.165, 1.54) is 18.6 Å². The molecule has 160 valence electrons. The number of aliphatic hydroxyl groups excluding tert-OH is 1. The number of ether oxygens (including phenoxy) is 1. The van der Waals surface area contributed by atoms with E-state index in [-0.39, 0.29) is 36.4 Å². The summed E-state index contributed by atoms with van der Waals surface area (Å²) in [6.07, 6.45) is 5.62. The first-order valence-corrected chi connectivity index (χ1v) is 10.1. The Morgan fingerprint density at radius 1 is 1.20 bits per heavy atom. The normalized spacial score (nSPS) is 20.9. The zero-order valence-electron chi connectivity index (χ0n) is 16.3. The van der Waals surface area contributed by atoms with E-state index in [9.17, 15) is 14.7 Å². The molecule has 0 aliphatic carbocycles. The summed E-state index contributed by atoms with van der Waals surface area (Å²) in [4.78, 5) is 32.1. The lowest BCUT2D eigenvalue weighted by atomic mass is 9.97. The molecule has 3 rings (SSSR count). The van der Waals surface area contributed by atoms with E-state index in [0.29, 0.717) is 36.5 Å². The highest BCUT2D eigenvalue weighted by Crippen LogP contribution is 2.22. The molecule has 2 aromatic rings. The van der Waals surface area contributed by atoms with Gasteiger partial charge >= 0.3 is 6.03 Å². The van der Waals surface area contributed by atoms with E-state index >= 15 is 0 Å². The number of anilines is 1. The molecule has 0 unspecified atom stereocenters. The van der Waals surface area contributed by atoms with Gasteiger partial charge in [-0.2, -0.15) is 0 Å². The Balaban J connectivity index is 1.40. The van der Waals surface area contributed by atoms with Gasteiger partial charge in [-0.1, -0.05) is 11.6 Å². The average molecular weight is 434 g/mol. The van der Waals surface area contributed by atoms with Gasteiger partial charge in [0.15, 0.2) is 0 Å². The number of carbonyl (C=O) groups is 2. The van der Waals surface area contributed by atoms with Crippen molar-refractivity contribution in [3.8, 4) is 0 Å². The van der Waals surface area contributed by atoms with Crippen molar-refractivity contribution in [2.24, 2.45) is 0 Å². The van der Waals surface area contributed by atoms with Crippen molar-refractivity contribution in [1.29, 1.82) is 0 Å². The Labute approximate surface area is 179 Å². The summed E-state index contributed by atoms with van der Waals surface area (Å²) in [5.41, 5.74) is 0.861.